The quantitative estimate of drug-likeness (QED) is 0.300. The van der Waals surface area contributed by atoms with E-state index in [-0.39, 0.29) is 0 Å². The van der Waals surface area contributed by atoms with Crippen molar-refractivity contribution in [3.8, 4) is 0 Å². The van der Waals surface area contributed by atoms with Crippen LogP contribution in [0.4, 0.5) is 0 Å². The van der Waals surface area contributed by atoms with Crippen LogP contribution in [-0.2, 0) is 13.6 Å². The Morgan fingerprint density at radius 3 is 1.74 bits per heavy atom. The van der Waals surface area contributed by atoms with E-state index >= 15 is 0 Å². The van der Waals surface area contributed by atoms with Crippen LogP contribution in [0.1, 0.15) is 78.6 Å². The fourth-order valence-corrected chi connectivity index (χ4v) is 3.27. The average Bonchev–Trinajstić information content (AvgIpc) is 2.41. The minimum absolute atomic E-state index is 0.461. The van der Waals surface area contributed by atoms with Gasteiger partial charge in [-0.2, -0.15) is 0 Å². The Balaban J connectivity index is 3.32. The average molecular weight is 292 g/mol. The molecule has 0 rings (SSSR count). The summed E-state index contributed by atoms with van der Waals surface area (Å²) in [5.74, 6) is 0. The molecule has 3 nitrogen and oxygen atoms in total. The topological polar surface area (TPSA) is 35.5 Å². The largest absolute Gasteiger partial charge is 0.330 e. The van der Waals surface area contributed by atoms with E-state index in [0.717, 1.165) is 6.42 Å². The van der Waals surface area contributed by atoms with Crippen molar-refractivity contribution < 1.29 is 13.6 Å². The van der Waals surface area contributed by atoms with Gasteiger partial charge < -0.3 is 9.05 Å². The zero-order valence-electron chi connectivity index (χ0n) is 13.2. The maximum absolute atomic E-state index is 12.0. The molecule has 0 aromatic heterocycles. The molecule has 0 spiro atoms. The van der Waals surface area contributed by atoms with Crippen molar-refractivity contribution >= 4 is 7.60 Å². The van der Waals surface area contributed by atoms with Gasteiger partial charge in [0.15, 0.2) is 0 Å². The van der Waals surface area contributed by atoms with Gasteiger partial charge in [0.1, 0.15) is 0 Å². The summed E-state index contributed by atoms with van der Waals surface area (Å²) in [6.07, 6.45) is 12.0. The van der Waals surface area contributed by atoms with Crippen LogP contribution in [-0.4, -0.2) is 19.4 Å². The summed E-state index contributed by atoms with van der Waals surface area (Å²) in [5, 5.41) is 0. The van der Waals surface area contributed by atoms with Crippen LogP contribution in [0.2, 0.25) is 0 Å². The van der Waals surface area contributed by atoms with Gasteiger partial charge in [-0.15, -0.1) is 0 Å². The second kappa shape index (κ2) is 13.1. The van der Waals surface area contributed by atoms with E-state index in [4.69, 9.17) is 9.05 Å². The SMILES string of the molecule is CCCCCCCCCCCOP(=O)(CC)OCC. The summed E-state index contributed by atoms with van der Waals surface area (Å²) in [6, 6.07) is 0. The van der Waals surface area contributed by atoms with E-state index in [0.29, 0.717) is 19.4 Å². The van der Waals surface area contributed by atoms with Crippen molar-refractivity contribution in [3.63, 3.8) is 0 Å². The first-order valence-electron chi connectivity index (χ1n) is 8.06. The van der Waals surface area contributed by atoms with Crippen LogP contribution in [0.3, 0.4) is 0 Å². The minimum Gasteiger partial charge on any atom is -0.309 e. The molecule has 0 fully saturated rings. The highest BCUT2D eigenvalue weighted by molar-refractivity contribution is 7.53. The van der Waals surface area contributed by atoms with Crippen molar-refractivity contribution in [3.05, 3.63) is 0 Å². The molecule has 0 heterocycles. The maximum Gasteiger partial charge on any atom is 0.330 e. The lowest BCUT2D eigenvalue weighted by Gasteiger charge is -2.15. The van der Waals surface area contributed by atoms with Gasteiger partial charge in [-0.25, -0.2) is 0 Å². The molecule has 0 saturated carbocycles. The van der Waals surface area contributed by atoms with Crippen molar-refractivity contribution in [1.82, 2.24) is 0 Å². The van der Waals surface area contributed by atoms with E-state index in [1.165, 1.54) is 51.4 Å². The third-order valence-electron chi connectivity index (χ3n) is 3.25. The van der Waals surface area contributed by atoms with E-state index in [1.807, 2.05) is 13.8 Å². The molecule has 0 radical (unpaired) electrons. The Kier molecular flexibility index (Phi) is 13.3. The fourth-order valence-electron chi connectivity index (χ4n) is 2.03. The van der Waals surface area contributed by atoms with E-state index in [1.54, 1.807) is 0 Å². The zero-order chi connectivity index (χ0) is 14.4. The summed E-state index contributed by atoms with van der Waals surface area (Å²) in [4.78, 5) is 0. The normalized spacial score (nSPS) is 14.5. The van der Waals surface area contributed by atoms with Crippen LogP contribution in [0, 0.1) is 0 Å². The first-order valence-corrected chi connectivity index (χ1v) is 9.79. The monoisotopic (exact) mass is 292 g/mol. The molecule has 0 saturated heterocycles. The molecule has 0 aliphatic rings. The van der Waals surface area contributed by atoms with E-state index < -0.39 is 7.60 Å². The Bertz CT molecular complexity index is 231. The van der Waals surface area contributed by atoms with Gasteiger partial charge in [-0.05, 0) is 13.3 Å². The lowest BCUT2D eigenvalue weighted by molar-refractivity contribution is 0.209. The number of hydrogen-bond donors (Lipinski definition) is 0. The summed E-state index contributed by atoms with van der Waals surface area (Å²) in [7, 11) is -2.77. The molecule has 1 unspecified atom stereocenters. The molecule has 0 bridgehead atoms. The molecule has 0 aromatic rings. The van der Waals surface area contributed by atoms with Crippen LogP contribution in [0.5, 0.6) is 0 Å². The van der Waals surface area contributed by atoms with Gasteiger partial charge in [-0.3, -0.25) is 4.57 Å². The van der Waals surface area contributed by atoms with Gasteiger partial charge in [0.25, 0.3) is 0 Å². The molecule has 19 heavy (non-hydrogen) atoms. The van der Waals surface area contributed by atoms with Crippen LogP contribution < -0.4 is 0 Å². The molecule has 1 atom stereocenters. The lowest BCUT2D eigenvalue weighted by Crippen LogP contribution is -1.99. The third-order valence-corrected chi connectivity index (χ3v) is 5.25. The second-order valence-electron chi connectivity index (χ2n) is 5.01. The smallest absolute Gasteiger partial charge is 0.309 e. The molecular formula is C15H33O3P. The Morgan fingerprint density at radius 1 is 0.737 bits per heavy atom. The number of hydrogen-bond acceptors (Lipinski definition) is 3. The van der Waals surface area contributed by atoms with E-state index in [2.05, 4.69) is 6.92 Å². The van der Waals surface area contributed by atoms with Gasteiger partial charge in [0, 0.05) is 6.16 Å². The second-order valence-corrected chi connectivity index (χ2v) is 7.38. The lowest BCUT2D eigenvalue weighted by atomic mass is 10.1. The highest BCUT2D eigenvalue weighted by Crippen LogP contribution is 2.47. The molecular weight excluding hydrogens is 259 g/mol. The molecule has 0 N–H and O–H groups in total. The van der Waals surface area contributed by atoms with Crippen molar-refractivity contribution in [2.75, 3.05) is 19.4 Å². The maximum atomic E-state index is 12.0. The number of rotatable bonds is 14. The summed E-state index contributed by atoms with van der Waals surface area (Å²) in [6.45, 7) is 6.98. The standard InChI is InChI=1S/C15H33O3P/c1-4-7-8-9-10-11-12-13-14-15-18-19(16,6-3)17-5-2/h4-15H2,1-3H3. The molecule has 0 aromatic carbocycles. The minimum atomic E-state index is -2.77. The molecule has 0 aliphatic heterocycles. The molecule has 0 aliphatic carbocycles. The predicted molar refractivity (Wildman–Crippen MR) is 83.0 cm³/mol. The summed E-state index contributed by atoms with van der Waals surface area (Å²) < 4.78 is 22.6. The van der Waals surface area contributed by atoms with Gasteiger partial charge in [0.2, 0.25) is 0 Å². The Labute approximate surface area is 120 Å². The van der Waals surface area contributed by atoms with Crippen LogP contribution in [0.15, 0.2) is 0 Å². The Morgan fingerprint density at radius 2 is 1.26 bits per heavy atom. The van der Waals surface area contributed by atoms with Crippen molar-refractivity contribution in [2.24, 2.45) is 0 Å². The zero-order valence-corrected chi connectivity index (χ0v) is 14.1. The summed E-state index contributed by atoms with van der Waals surface area (Å²) >= 11 is 0. The molecule has 116 valence electrons. The van der Waals surface area contributed by atoms with Gasteiger partial charge >= 0.3 is 7.60 Å². The molecule has 0 amide bonds. The number of unbranched alkanes of at least 4 members (excludes halogenated alkanes) is 8. The first-order chi connectivity index (χ1) is 9.18. The summed E-state index contributed by atoms with van der Waals surface area (Å²) in [5.41, 5.74) is 0. The van der Waals surface area contributed by atoms with Crippen molar-refractivity contribution in [1.29, 1.82) is 0 Å². The van der Waals surface area contributed by atoms with Crippen LogP contribution in [0.25, 0.3) is 0 Å². The predicted octanol–water partition coefficient (Wildman–Crippen LogP) is 5.78. The Hall–Kier alpha value is 0.150. The third kappa shape index (κ3) is 11.7. The van der Waals surface area contributed by atoms with Gasteiger partial charge in [0.05, 0.1) is 13.2 Å². The van der Waals surface area contributed by atoms with Gasteiger partial charge in [-0.1, -0.05) is 65.2 Å². The molecule has 4 heteroatoms. The first kappa shape index (κ1) is 19.1. The van der Waals surface area contributed by atoms with E-state index in [9.17, 15) is 4.57 Å². The highest BCUT2D eigenvalue weighted by atomic mass is 31.2. The fraction of sp³-hybridized carbons (Fsp3) is 1.00. The highest BCUT2D eigenvalue weighted by Gasteiger charge is 2.20. The van der Waals surface area contributed by atoms with Crippen molar-refractivity contribution in [2.45, 2.75) is 78.6 Å². The van der Waals surface area contributed by atoms with Crippen LogP contribution >= 0.6 is 7.60 Å².